The number of fused-ring (bicyclic) bond motifs is 6. The van der Waals surface area contributed by atoms with E-state index in [4.69, 9.17) is 0 Å². The second-order valence-corrected chi connectivity index (χ2v) is 8.76. The normalized spacial score (nSPS) is 17.0. The molecule has 32 heavy (non-hydrogen) atoms. The minimum absolute atomic E-state index is 0.904. The Hall–Kier alpha value is -3.94. The van der Waals surface area contributed by atoms with Gasteiger partial charge in [-0.1, -0.05) is 84.9 Å². The van der Waals surface area contributed by atoms with Gasteiger partial charge in [0.25, 0.3) is 0 Å². The summed E-state index contributed by atoms with van der Waals surface area (Å²) in [4.78, 5) is 0. The molecule has 0 aromatic heterocycles. The summed E-state index contributed by atoms with van der Waals surface area (Å²) in [6, 6.07) is 40.2. The van der Waals surface area contributed by atoms with E-state index in [0.29, 0.717) is 0 Å². The highest BCUT2D eigenvalue weighted by molar-refractivity contribution is 5.99. The Balaban J connectivity index is 1.54. The molecular weight excluding hydrogens is 388 g/mol. The van der Waals surface area contributed by atoms with Crippen molar-refractivity contribution in [1.29, 1.82) is 0 Å². The molecule has 6 aromatic rings. The molecule has 0 saturated heterocycles. The molecule has 1 aliphatic carbocycles. The van der Waals surface area contributed by atoms with Gasteiger partial charge in [-0.25, -0.2) is 0 Å². The summed E-state index contributed by atoms with van der Waals surface area (Å²) in [6.45, 7) is 0. The van der Waals surface area contributed by atoms with Crippen molar-refractivity contribution in [1.82, 2.24) is 0 Å². The highest BCUT2D eigenvalue weighted by Gasteiger charge is 2.43. The van der Waals surface area contributed by atoms with Crippen LogP contribution in [0.3, 0.4) is 0 Å². The van der Waals surface area contributed by atoms with Gasteiger partial charge in [0.2, 0.25) is 0 Å². The molecule has 1 unspecified atom stereocenters. The van der Waals surface area contributed by atoms with Gasteiger partial charge in [0.1, 0.15) is 5.60 Å². The Labute approximate surface area is 186 Å². The molecule has 1 atom stereocenters. The zero-order valence-corrected chi connectivity index (χ0v) is 17.4. The van der Waals surface area contributed by atoms with Gasteiger partial charge in [0, 0.05) is 11.1 Å². The summed E-state index contributed by atoms with van der Waals surface area (Å²) < 4.78 is 0. The summed E-state index contributed by atoms with van der Waals surface area (Å²) in [5, 5.41) is 19.5. The van der Waals surface area contributed by atoms with Crippen LogP contribution in [0.5, 0.6) is 0 Å². The quantitative estimate of drug-likeness (QED) is 0.281. The molecule has 7 rings (SSSR count). The van der Waals surface area contributed by atoms with Gasteiger partial charge >= 0.3 is 0 Å². The SMILES string of the molecule is OC1(c2ccc3cc4ccccc4cc3c2)c2ccccc2-c2cc3ccccc3cc21. The number of aliphatic hydroxyl groups is 1. The Bertz CT molecular complexity index is 1690. The van der Waals surface area contributed by atoms with Gasteiger partial charge in [-0.05, 0) is 79.3 Å². The number of rotatable bonds is 1. The average molecular weight is 409 g/mol. The summed E-state index contributed by atoms with van der Waals surface area (Å²) in [7, 11) is 0. The number of hydrogen-bond donors (Lipinski definition) is 1. The predicted octanol–water partition coefficient (Wildman–Crippen LogP) is 7.41. The largest absolute Gasteiger partial charge is 0.376 e. The van der Waals surface area contributed by atoms with Crippen LogP contribution >= 0.6 is 0 Å². The van der Waals surface area contributed by atoms with Crippen molar-refractivity contribution >= 4 is 32.3 Å². The van der Waals surface area contributed by atoms with Gasteiger partial charge in [0.05, 0.1) is 0 Å². The first-order valence-electron chi connectivity index (χ1n) is 11.0. The van der Waals surface area contributed by atoms with E-state index < -0.39 is 5.60 Å². The van der Waals surface area contributed by atoms with Crippen LogP contribution in [0, 0.1) is 0 Å². The van der Waals surface area contributed by atoms with Crippen molar-refractivity contribution in [3.63, 3.8) is 0 Å². The zero-order valence-electron chi connectivity index (χ0n) is 17.4. The molecule has 1 heteroatoms. The first kappa shape index (κ1) is 17.7. The van der Waals surface area contributed by atoms with E-state index in [-0.39, 0.29) is 0 Å². The molecule has 1 nitrogen and oxygen atoms in total. The van der Waals surface area contributed by atoms with Crippen LogP contribution in [0.25, 0.3) is 43.4 Å². The number of hydrogen-bond acceptors (Lipinski definition) is 1. The van der Waals surface area contributed by atoms with Crippen LogP contribution in [-0.4, -0.2) is 5.11 Å². The molecule has 1 N–H and O–H groups in total. The average Bonchev–Trinajstić information content (AvgIpc) is 3.10. The predicted molar refractivity (Wildman–Crippen MR) is 133 cm³/mol. The minimum atomic E-state index is -1.18. The third-order valence-electron chi connectivity index (χ3n) is 7.01. The van der Waals surface area contributed by atoms with Gasteiger partial charge in [0.15, 0.2) is 0 Å². The minimum Gasteiger partial charge on any atom is -0.376 e. The van der Waals surface area contributed by atoms with Crippen molar-refractivity contribution in [2.45, 2.75) is 5.60 Å². The third kappa shape index (κ3) is 2.32. The second-order valence-electron chi connectivity index (χ2n) is 8.76. The Morgan fingerprint density at radius 3 is 1.72 bits per heavy atom. The first-order valence-corrected chi connectivity index (χ1v) is 11.0. The fourth-order valence-electron chi connectivity index (χ4n) is 5.42. The van der Waals surface area contributed by atoms with Crippen LogP contribution in [-0.2, 0) is 5.60 Å². The lowest BCUT2D eigenvalue weighted by molar-refractivity contribution is 0.131. The van der Waals surface area contributed by atoms with Crippen molar-refractivity contribution in [3.05, 3.63) is 132 Å². The first-order chi connectivity index (χ1) is 15.7. The standard InChI is InChI=1S/C31H20O/c32-31(26-14-13-24-15-20-7-1-2-8-21(20)16-25(24)17-26)29-12-6-5-11-27(29)28-18-22-9-3-4-10-23(22)19-30(28)31/h1-19,32H. The molecule has 0 amide bonds. The van der Waals surface area contributed by atoms with E-state index in [1.165, 1.54) is 21.5 Å². The molecule has 0 heterocycles. The van der Waals surface area contributed by atoms with Crippen LogP contribution in [0.1, 0.15) is 16.7 Å². The van der Waals surface area contributed by atoms with Crippen molar-refractivity contribution in [2.75, 3.05) is 0 Å². The molecule has 0 aliphatic heterocycles. The fourth-order valence-corrected chi connectivity index (χ4v) is 5.42. The topological polar surface area (TPSA) is 20.2 Å². The summed E-state index contributed by atoms with van der Waals surface area (Å²) in [6.07, 6.45) is 0. The number of benzene rings is 6. The molecular formula is C31H20O. The van der Waals surface area contributed by atoms with Crippen molar-refractivity contribution in [2.24, 2.45) is 0 Å². The van der Waals surface area contributed by atoms with Crippen LogP contribution in [0.15, 0.2) is 115 Å². The maximum atomic E-state index is 12.4. The van der Waals surface area contributed by atoms with Gasteiger partial charge in [-0.15, -0.1) is 0 Å². The molecule has 0 spiro atoms. The fraction of sp³-hybridized carbons (Fsp3) is 0.0323. The summed E-state index contributed by atoms with van der Waals surface area (Å²) in [5.74, 6) is 0. The van der Waals surface area contributed by atoms with E-state index in [1.54, 1.807) is 0 Å². The van der Waals surface area contributed by atoms with E-state index in [9.17, 15) is 5.11 Å². The molecule has 150 valence electrons. The van der Waals surface area contributed by atoms with Gasteiger partial charge in [-0.3, -0.25) is 0 Å². The molecule has 0 radical (unpaired) electrons. The Morgan fingerprint density at radius 2 is 0.969 bits per heavy atom. The smallest absolute Gasteiger partial charge is 0.141 e. The third-order valence-corrected chi connectivity index (χ3v) is 7.01. The summed E-state index contributed by atoms with van der Waals surface area (Å²) >= 11 is 0. The highest BCUT2D eigenvalue weighted by Crippen LogP contribution is 2.52. The lowest BCUT2D eigenvalue weighted by Crippen LogP contribution is -2.26. The van der Waals surface area contributed by atoms with Crippen molar-refractivity contribution in [3.8, 4) is 11.1 Å². The van der Waals surface area contributed by atoms with Gasteiger partial charge < -0.3 is 5.11 Å². The van der Waals surface area contributed by atoms with E-state index in [0.717, 1.165) is 38.6 Å². The lowest BCUT2D eigenvalue weighted by Gasteiger charge is -2.27. The second kappa shape index (κ2) is 6.29. The van der Waals surface area contributed by atoms with E-state index in [2.05, 4.69) is 109 Å². The molecule has 0 bridgehead atoms. The van der Waals surface area contributed by atoms with Crippen molar-refractivity contribution < 1.29 is 5.11 Å². The van der Waals surface area contributed by atoms with Crippen LogP contribution in [0.4, 0.5) is 0 Å². The van der Waals surface area contributed by atoms with E-state index >= 15 is 0 Å². The van der Waals surface area contributed by atoms with E-state index in [1.807, 2.05) is 6.07 Å². The molecule has 0 fully saturated rings. The maximum absolute atomic E-state index is 12.4. The zero-order chi connectivity index (χ0) is 21.3. The monoisotopic (exact) mass is 408 g/mol. The molecule has 0 saturated carbocycles. The van der Waals surface area contributed by atoms with Crippen LogP contribution in [0.2, 0.25) is 0 Å². The Morgan fingerprint density at radius 1 is 0.406 bits per heavy atom. The van der Waals surface area contributed by atoms with Gasteiger partial charge in [-0.2, -0.15) is 0 Å². The molecule has 1 aliphatic rings. The maximum Gasteiger partial charge on any atom is 0.141 e. The highest BCUT2D eigenvalue weighted by atomic mass is 16.3. The lowest BCUT2D eigenvalue weighted by atomic mass is 9.82. The Kier molecular flexibility index (Phi) is 3.48. The molecule has 6 aromatic carbocycles. The van der Waals surface area contributed by atoms with Crippen LogP contribution < -0.4 is 0 Å². The summed E-state index contributed by atoms with van der Waals surface area (Å²) in [5.41, 5.74) is 3.84.